The second kappa shape index (κ2) is 9.96. The van der Waals surface area contributed by atoms with Gasteiger partial charge in [-0.25, -0.2) is 18.3 Å². The molecule has 0 atom stereocenters. The number of carbonyl (C=O) groups is 3. The standard InChI is InChI=1S/C25H19F2N5O3/c26-18-3-1-2-15(10-18)12-29-24(34)20-9-6-17(11-21(20)27)16-4-7-19(8-5-16)32-13-22(30-25(28)35)23(14-33)31-32/h1-11,13-14H,12H2,(H,29,34)(H3,28,30,35). The summed E-state index contributed by atoms with van der Waals surface area (Å²) in [4.78, 5) is 34.6. The van der Waals surface area contributed by atoms with Crippen LogP contribution in [0.5, 0.6) is 0 Å². The van der Waals surface area contributed by atoms with Gasteiger partial charge in [0.15, 0.2) is 6.29 Å². The monoisotopic (exact) mass is 475 g/mol. The molecule has 0 unspecified atom stereocenters. The number of aldehydes is 1. The highest BCUT2D eigenvalue weighted by Crippen LogP contribution is 2.24. The molecule has 0 aliphatic heterocycles. The maximum absolute atomic E-state index is 14.7. The van der Waals surface area contributed by atoms with Crippen LogP contribution in [0.25, 0.3) is 16.8 Å². The summed E-state index contributed by atoms with van der Waals surface area (Å²) < 4.78 is 29.4. The van der Waals surface area contributed by atoms with Crippen molar-refractivity contribution < 1.29 is 23.2 Å². The van der Waals surface area contributed by atoms with Crippen LogP contribution < -0.4 is 16.4 Å². The third-order valence-corrected chi connectivity index (χ3v) is 5.13. The van der Waals surface area contributed by atoms with E-state index in [0.29, 0.717) is 28.7 Å². The van der Waals surface area contributed by atoms with Crippen LogP contribution >= 0.6 is 0 Å². The van der Waals surface area contributed by atoms with Crippen LogP contribution in [-0.2, 0) is 6.54 Å². The highest BCUT2D eigenvalue weighted by atomic mass is 19.1. The Hall–Kier alpha value is -4.86. The van der Waals surface area contributed by atoms with Crippen molar-refractivity contribution >= 4 is 23.9 Å². The first-order chi connectivity index (χ1) is 16.8. The number of benzene rings is 3. The summed E-state index contributed by atoms with van der Waals surface area (Å²) in [6.07, 6.45) is 1.94. The van der Waals surface area contributed by atoms with Crippen molar-refractivity contribution in [2.24, 2.45) is 5.73 Å². The molecule has 0 fully saturated rings. The van der Waals surface area contributed by atoms with E-state index in [4.69, 9.17) is 5.73 Å². The Morgan fingerprint density at radius 3 is 2.40 bits per heavy atom. The summed E-state index contributed by atoms with van der Waals surface area (Å²) >= 11 is 0. The molecule has 3 aromatic carbocycles. The van der Waals surface area contributed by atoms with E-state index >= 15 is 0 Å². The average Bonchev–Trinajstić information content (AvgIpc) is 3.24. The lowest BCUT2D eigenvalue weighted by atomic mass is 10.0. The molecule has 4 aromatic rings. The van der Waals surface area contributed by atoms with Gasteiger partial charge >= 0.3 is 6.03 Å². The van der Waals surface area contributed by atoms with Crippen LogP contribution in [0.15, 0.2) is 72.9 Å². The summed E-state index contributed by atoms with van der Waals surface area (Å²) in [5.74, 6) is -1.73. The van der Waals surface area contributed by atoms with Gasteiger partial charge in [0.05, 0.1) is 23.1 Å². The Kier molecular flexibility index (Phi) is 6.63. The van der Waals surface area contributed by atoms with Crippen LogP contribution in [0.3, 0.4) is 0 Å². The van der Waals surface area contributed by atoms with Gasteiger partial charge in [0.1, 0.15) is 17.3 Å². The van der Waals surface area contributed by atoms with E-state index in [9.17, 15) is 23.2 Å². The molecule has 0 radical (unpaired) electrons. The number of amides is 3. The van der Waals surface area contributed by atoms with Crippen molar-refractivity contribution in [2.45, 2.75) is 6.54 Å². The Balaban J connectivity index is 1.48. The van der Waals surface area contributed by atoms with E-state index in [0.717, 1.165) is 0 Å². The lowest BCUT2D eigenvalue weighted by Crippen LogP contribution is -2.23. The number of nitrogens with zero attached hydrogens (tertiary/aromatic N) is 2. The first-order valence-corrected chi connectivity index (χ1v) is 10.4. The summed E-state index contributed by atoms with van der Waals surface area (Å²) in [5, 5.41) is 9.00. The topological polar surface area (TPSA) is 119 Å². The van der Waals surface area contributed by atoms with Crippen molar-refractivity contribution in [3.63, 3.8) is 0 Å². The number of hydrogen-bond donors (Lipinski definition) is 3. The maximum atomic E-state index is 14.7. The molecule has 0 saturated heterocycles. The molecule has 8 nitrogen and oxygen atoms in total. The molecule has 1 aromatic heterocycles. The maximum Gasteiger partial charge on any atom is 0.316 e. The van der Waals surface area contributed by atoms with E-state index in [1.165, 1.54) is 41.2 Å². The largest absolute Gasteiger partial charge is 0.351 e. The smallest absolute Gasteiger partial charge is 0.316 e. The van der Waals surface area contributed by atoms with Gasteiger partial charge in [-0.3, -0.25) is 9.59 Å². The van der Waals surface area contributed by atoms with E-state index in [2.05, 4.69) is 15.7 Å². The van der Waals surface area contributed by atoms with Crippen LogP contribution in [0.1, 0.15) is 26.4 Å². The van der Waals surface area contributed by atoms with Crippen LogP contribution in [0, 0.1) is 11.6 Å². The fraction of sp³-hybridized carbons (Fsp3) is 0.0400. The van der Waals surface area contributed by atoms with Gasteiger partial charge in [-0.2, -0.15) is 5.10 Å². The Labute approximate surface area is 198 Å². The third-order valence-electron chi connectivity index (χ3n) is 5.13. The number of aromatic nitrogens is 2. The van der Waals surface area contributed by atoms with Gasteiger partial charge < -0.3 is 16.4 Å². The number of nitrogens with two attached hydrogens (primary N) is 1. The second-order valence-electron chi connectivity index (χ2n) is 7.53. The molecule has 0 spiro atoms. The van der Waals surface area contributed by atoms with Crippen molar-refractivity contribution in [3.05, 3.63) is 101 Å². The predicted molar refractivity (Wildman–Crippen MR) is 125 cm³/mol. The van der Waals surface area contributed by atoms with Crippen molar-refractivity contribution in [3.8, 4) is 16.8 Å². The highest BCUT2D eigenvalue weighted by Gasteiger charge is 2.14. The molecule has 0 aliphatic rings. The zero-order chi connectivity index (χ0) is 24.9. The van der Waals surface area contributed by atoms with Crippen molar-refractivity contribution in [1.29, 1.82) is 0 Å². The Bertz CT molecular complexity index is 1420. The lowest BCUT2D eigenvalue weighted by molar-refractivity contribution is 0.0946. The molecule has 0 aliphatic carbocycles. The van der Waals surface area contributed by atoms with Gasteiger partial charge in [0, 0.05) is 6.54 Å². The SMILES string of the molecule is NC(=O)Nc1cn(-c2ccc(-c3ccc(C(=O)NCc4cccc(F)c4)c(F)c3)cc2)nc1C=O. The zero-order valence-corrected chi connectivity index (χ0v) is 18.2. The number of primary amides is 1. The fourth-order valence-corrected chi connectivity index (χ4v) is 3.45. The predicted octanol–water partition coefficient (Wildman–Crippen LogP) is 4.05. The average molecular weight is 475 g/mol. The molecule has 0 saturated carbocycles. The summed E-state index contributed by atoms with van der Waals surface area (Å²) in [5.41, 5.74) is 7.52. The van der Waals surface area contributed by atoms with Gasteiger partial charge in [0.2, 0.25) is 0 Å². The van der Waals surface area contributed by atoms with Crippen molar-refractivity contribution in [2.75, 3.05) is 5.32 Å². The number of halogens is 2. The molecular formula is C25H19F2N5O3. The minimum absolute atomic E-state index is 0.0150. The van der Waals surface area contributed by atoms with E-state index < -0.39 is 23.6 Å². The number of anilines is 1. The van der Waals surface area contributed by atoms with Gasteiger partial charge in [0.25, 0.3) is 5.91 Å². The number of nitrogens with one attached hydrogen (secondary N) is 2. The first-order valence-electron chi connectivity index (χ1n) is 10.4. The number of rotatable bonds is 7. The summed E-state index contributed by atoms with van der Waals surface area (Å²) in [6, 6.07) is 16.0. The number of carbonyl (C=O) groups excluding carboxylic acids is 3. The van der Waals surface area contributed by atoms with Crippen LogP contribution in [-0.4, -0.2) is 28.0 Å². The van der Waals surface area contributed by atoms with Crippen LogP contribution in [0.4, 0.5) is 19.3 Å². The Morgan fingerprint density at radius 1 is 1.00 bits per heavy atom. The normalized spacial score (nSPS) is 10.6. The third kappa shape index (κ3) is 5.38. The molecule has 10 heteroatoms. The van der Waals surface area contributed by atoms with E-state index in [1.807, 2.05) is 0 Å². The molecule has 3 amide bonds. The van der Waals surface area contributed by atoms with Gasteiger partial charge in [-0.1, -0.05) is 30.3 Å². The zero-order valence-electron chi connectivity index (χ0n) is 18.2. The Morgan fingerprint density at radius 2 is 1.74 bits per heavy atom. The number of urea groups is 1. The molecule has 35 heavy (non-hydrogen) atoms. The quantitative estimate of drug-likeness (QED) is 0.349. The first kappa shape index (κ1) is 23.3. The minimum Gasteiger partial charge on any atom is -0.351 e. The fourth-order valence-electron chi connectivity index (χ4n) is 3.45. The lowest BCUT2D eigenvalue weighted by Gasteiger charge is -2.09. The number of hydrogen-bond acceptors (Lipinski definition) is 4. The van der Waals surface area contributed by atoms with Crippen LogP contribution in [0.2, 0.25) is 0 Å². The molecular weight excluding hydrogens is 456 g/mol. The second-order valence-corrected chi connectivity index (χ2v) is 7.53. The van der Waals surface area contributed by atoms with E-state index in [-0.39, 0.29) is 23.5 Å². The minimum atomic E-state index is -0.823. The summed E-state index contributed by atoms with van der Waals surface area (Å²) in [7, 11) is 0. The van der Waals surface area contributed by atoms with E-state index in [1.54, 1.807) is 36.4 Å². The molecule has 1 heterocycles. The highest BCUT2D eigenvalue weighted by molar-refractivity contribution is 5.95. The van der Waals surface area contributed by atoms with Gasteiger partial charge in [-0.15, -0.1) is 0 Å². The summed E-state index contributed by atoms with van der Waals surface area (Å²) in [6.45, 7) is 0.0647. The van der Waals surface area contributed by atoms with Gasteiger partial charge in [-0.05, 0) is 53.1 Å². The molecule has 4 N–H and O–H groups in total. The molecule has 0 bridgehead atoms. The van der Waals surface area contributed by atoms with Crippen molar-refractivity contribution in [1.82, 2.24) is 15.1 Å². The molecule has 176 valence electrons. The molecule has 4 rings (SSSR count).